The number of nitrogens with zero attached hydrogens (tertiary/aromatic N) is 3. The molecule has 0 saturated carbocycles. The highest BCUT2D eigenvalue weighted by Crippen LogP contribution is 2.31. The molecule has 2 heterocycles. The van der Waals surface area contributed by atoms with E-state index in [4.69, 9.17) is 11.6 Å². The molecule has 2 aliphatic carbocycles. The molecule has 4 nitrogen and oxygen atoms in total. The van der Waals surface area contributed by atoms with Gasteiger partial charge in [0.05, 0.1) is 0 Å². The number of likely N-dealkylation sites (tertiary alicyclic amines) is 2. The van der Waals surface area contributed by atoms with Crippen LogP contribution in [-0.2, 0) is 25.7 Å². The number of benzene rings is 4. The second-order valence-electron chi connectivity index (χ2n) is 17.1. The molecule has 2 atom stereocenters. The normalized spacial score (nSPS) is 19.8. The van der Waals surface area contributed by atoms with E-state index in [1.807, 2.05) is 0 Å². The molecule has 4 aliphatic rings. The average molecular weight is 790 g/mol. The lowest BCUT2D eigenvalue weighted by molar-refractivity contribution is 0.139. The number of rotatable bonds is 15. The minimum atomic E-state index is 0.555. The summed E-state index contributed by atoms with van der Waals surface area (Å²) in [5.41, 5.74) is 8.72. The van der Waals surface area contributed by atoms with Crippen LogP contribution in [0.15, 0.2) is 109 Å². The van der Waals surface area contributed by atoms with E-state index in [9.17, 15) is 0 Å². The summed E-state index contributed by atoms with van der Waals surface area (Å²) in [6.07, 6.45) is 20.8. The van der Waals surface area contributed by atoms with Crippen molar-refractivity contribution < 1.29 is 0 Å². The van der Waals surface area contributed by atoms with Gasteiger partial charge in [-0.3, -0.25) is 0 Å². The fourth-order valence-electron chi connectivity index (χ4n) is 9.83. The van der Waals surface area contributed by atoms with Crippen LogP contribution in [0.1, 0.15) is 113 Å². The zero-order chi connectivity index (χ0) is 39.5. The summed E-state index contributed by atoms with van der Waals surface area (Å²) >= 11 is 5.81. The van der Waals surface area contributed by atoms with Gasteiger partial charge < -0.3 is 20.0 Å². The van der Waals surface area contributed by atoms with Crippen molar-refractivity contribution in [3.8, 4) is 0 Å². The third kappa shape index (κ3) is 13.4. The molecule has 57 heavy (non-hydrogen) atoms. The molecule has 2 unspecified atom stereocenters. The maximum Gasteiger partial charge on any atom is 0.0370 e. The van der Waals surface area contributed by atoms with Crippen molar-refractivity contribution in [1.29, 1.82) is 0 Å². The van der Waals surface area contributed by atoms with Gasteiger partial charge in [0.2, 0.25) is 0 Å². The molecule has 0 spiro atoms. The van der Waals surface area contributed by atoms with Gasteiger partial charge in [-0.2, -0.15) is 0 Å². The van der Waals surface area contributed by atoms with Gasteiger partial charge in [0.15, 0.2) is 0 Å². The highest BCUT2D eigenvalue weighted by atomic mass is 35.5. The molecule has 1 N–H and O–H groups in total. The van der Waals surface area contributed by atoms with Gasteiger partial charge in [0.25, 0.3) is 0 Å². The van der Waals surface area contributed by atoms with Crippen molar-refractivity contribution in [3.63, 3.8) is 0 Å². The highest BCUT2D eigenvalue weighted by Gasteiger charge is 2.29. The van der Waals surface area contributed by atoms with Gasteiger partial charge in [-0.1, -0.05) is 124 Å². The molecule has 2 fully saturated rings. The maximum atomic E-state index is 5.81. The standard InChI is InChI=1S/C26H36N2.C15H15N.C11H22ClN/c1-2-3-17-27-18-10-9-13-24(27)16-19-28(25-14-5-4-6-15-25)26-20-22-11-7-8-12-23(22)21-26;1-2-8-14(9-3-1)16-15-10-12-6-4-5-7-13(12)11-15;1-2-3-9-13-10-5-4-6-11(13)7-8-12/h4-8,11-12,14-15,24,26H,2-3,9-10,13,16-21H2,1H3;1-9,15-16H,10-11H2;11H,2-10H2,1H3. The molecular formula is C52H73ClN4. The minimum absolute atomic E-state index is 0.555. The molecule has 8 rings (SSSR count). The predicted octanol–water partition coefficient (Wildman–Crippen LogP) is 12.2. The van der Waals surface area contributed by atoms with Crippen LogP contribution >= 0.6 is 11.6 Å². The summed E-state index contributed by atoms with van der Waals surface area (Å²) in [5.74, 6) is 0.827. The Hall–Kier alpha value is -3.31. The summed E-state index contributed by atoms with van der Waals surface area (Å²) < 4.78 is 0. The van der Waals surface area contributed by atoms with Crippen LogP contribution in [0.3, 0.4) is 0 Å². The number of unbranched alkanes of at least 4 members (excludes halogenated alkanes) is 2. The molecule has 2 saturated heterocycles. The minimum Gasteiger partial charge on any atom is -0.382 e. The smallest absolute Gasteiger partial charge is 0.0370 e. The van der Waals surface area contributed by atoms with Crippen molar-refractivity contribution in [2.24, 2.45) is 0 Å². The lowest BCUT2D eigenvalue weighted by Gasteiger charge is -2.38. The predicted molar refractivity (Wildman–Crippen MR) is 247 cm³/mol. The Morgan fingerprint density at radius 1 is 0.579 bits per heavy atom. The Kier molecular flexibility index (Phi) is 18.2. The third-order valence-electron chi connectivity index (χ3n) is 13.0. The fourth-order valence-corrected chi connectivity index (χ4v) is 10.1. The fraction of sp³-hybridized carbons (Fsp3) is 0.538. The van der Waals surface area contributed by atoms with Crippen molar-refractivity contribution in [1.82, 2.24) is 9.80 Å². The molecule has 0 radical (unpaired) electrons. The number of hydrogen-bond acceptors (Lipinski definition) is 4. The van der Waals surface area contributed by atoms with E-state index < -0.39 is 0 Å². The van der Waals surface area contributed by atoms with Gasteiger partial charge in [-0.25, -0.2) is 0 Å². The molecule has 5 heteroatoms. The number of piperidine rings is 2. The maximum absolute atomic E-state index is 5.81. The number of para-hydroxylation sites is 2. The summed E-state index contributed by atoms with van der Waals surface area (Å²) in [6, 6.07) is 42.1. The van der Waals surface area contributed by atoms with E-state index >= 15 is 0 Å². The lowest BCUT2D eigenvalue weighted by atomic mass is 9.98. The van der Waals surface area contributed by atoms with Crippen LogP contribution in [0, 0.1) is 0 Å². The van der Waals surface area contributed by atoms with Crippen molar-refractivity contribution >= 4 is 23.0 Å². The Morgan fingerprint density at radius 2 is 1.05 bits per heavy atom. The number of alkyl halides is 1. The molecule has 0 aromatic heterocycles. The lowest BCUT2D eigenvalue weighted by Crippen LogP contribution is -2.44. The van der Waals surface area contributed by atoms with Gasteiger partial charge in [-0.15, -0.1) is 11.6 Å². The summed E-state index contributed by atoms with van der Waals surface area (Å²) in [5, 5.41) is 3.59. The SMILES string of the molecule is CCCCN1CCCCC1CCCl.CCCCN1CCCCC1CCN(c1ccccc1)C1Cc2ccccc2C1.c1ccc(NC2Cc3ccccc3C2)cc1. The van der Waals surface area contributed by atoms with E-state index in [-0.39, 0.29) is 0 Å². The van der Waals surface area contributed by atoms with Crippen molar-refractivity contribution in [3.05, 3.63) is 131 Å². The van der Waals surface area contributed by atoms with E-state index in [0.717, 1.165) is 30.8 Å². The first-order chi connectivity index (χ1) is 28.1. The van der Waals surface area contributed by atoms with Crippen LogP contribution in [0.2, 0.25) is 0 Å². The van der Waals surface area contributed by atoms with Crippen molar-refractivity contribution in [2.75, 3.05) is 48.8 Å². The molecule has 4 aromatic rings. The molecule has 2 aliphatic heterocycles. The van der Waals surface area contributed by atoms with E-state index in [2.05, 4.69) is 143 Å². The van der Waals surface area contributed by atoms with Gasteiger partial charge in [0.1, 0.15) is 0 Å². The van der Waals surface area contributed by atoms with E-state index in [1.165, 1.54) is 145 Å². The van der Waals surface area contributed by atoms with Crippen LogP contribution in [0.25, 0.3) is 0 Å². The summed E-state index contributed by atoms with van der Waals surface area (Å²) in [4.78, 5) is 8.15. The molecule has 0 amide bonds. The number of anilines is 2. The number of fused-ring (bicyclic) bond motifs is 2. The Bertz CT molecular complexity index is 1630. The molecule has 308 valence electrons. The molecule has 4 aromatic carbocycles. The van der Waals surface area contributed by atoms with Crippen LogP contribution in [0.5, 0.6) is 0 Å². The first-order valence-electron chi connectivity index (χ1n) is 23.0. The van der Waals surface area contributed by atoms with Gasteiger partial charge in [-0.05, 0) is 150 Å². The third-order valence-corrected chi connectivity index (χ3v) is 13.2. The Balaban J connectivity index is 0.000000160. The second-order valence-corrected chi connectivity index (χ2v) is 17.5. The Morgan fingerprint density at radius 3 is 1.56 bits per heavy atom. The number of halogens is 1. The largest absolute Gasteiger partial charge is 0.382 e. The van der Waals surface area contributed by atoms with Gasteiger partial charge >= 0.3 is 0 Å². The van der Waals surface area contributed by atoms with Crippen LogP contribution in [0.4, 0.5) is 11.4 Å². The van der Waals surface area contributed by atoms with Gasteiger partial charge in [0, 0.05) is 48.0 Å². The monoisotopic (exact) mass is 789 g/mol. The first-order valence-corrected chi connectivity index (χ1v) is 23.5. The first kappa shape index (κ1) is 43.3. The average Bonchev–Trinajstić information content (AvgIpc) is 3.88. The van der Waals surface area contributed by atoms with E-state index in [0.29, 0.717) is 12.1 Å². The topological polar surface area (TPSA) is 21.8 Å². The van der Waals surface area contributed by atoms with Crippen LogP contribution in [-0.4, -0.2) is 72.6 Å². The number of nitrogens with one attached hydrogen (secondary N) is 1. The Labute approximate surface area is 352 Å². The number of hydrogen-bond donors (Lipinski definition) is 1. The summed E-state index contributed by atoms with van der Waals surface area (Å²) in [6.45, 7) is 11.0. The quantitative estimate of drug-likeness (QED) is 0.121. The highest BCUT2D eigenvalue weighted by molar-refractivity contribution is 6.17. The van der Waals surface area contributed by atoms with Crippen molar-refractivity contribution in [2.45, 2.75) is 141 Å². The van der Waals surface area contributed by atoms with E-state index in [1.54, 1.807) is 11.1 Å². The molecule has 0 bridgehead atoms. The zero-order valence-electron chi connectivity index (χ0n) is 35.5. The molecular weight excluding hydrogens is 716 g/mol. The second kappa shape index (κ2) is 23.9. The summed E-state index contributed by atoms with van der Waals surface area (Å²) in [7, 11) is 0. The zero-order valence-corrected chi connectivity index (χ0v) is 36.2. The van der Waals surface area contributed by atoms with Crippen LogP contribution < -0.4 is 10.2 Å².